The smallest absolute Gasteiger partial charge is 0.387 e. The van der Waals surface area contributed by atoms with Crippen LogP contribution in [0.4, 0.5) is 14.5 Å². The number of carbonyl (C=O) groups excluding carboxylic acids is 1. The van der Waals surface area contributed by atoms with Crippen LogP contribution in [0.2, 0.25) is 0 Å². The van der Waals surface area contributed by atoms with Gasteiger partial charge in [0.25, 0.3) is 0 Å². The number of nitrogens with zero attached hydrogens (tertiary/aromatic N) is 3. The van der Waals surface area contributed by atoms with E-state index in [1.165, 1.54) is 36.0 Å². The molecule has 0 aliphatic rings. The summed E-state index contributed by atoms with van der Waals surface area (Å²) in [6.07, 6.45) is 0. The molecule has 0 spiro atoms. The number of anilines is 1. The van der Waals surface area contributed by atoms with Crippen LogP contribution in [0.1, 0.15) is 19.7 Å². The van der Waals surface area contributed by atoms with Crippen molar-refractivity contribution in [2.24, 2.45) is 0 Å². The molecule has 6 nitrogen and oxygen atoms in total. The minimum absolute atomic E-state index is 0.0388. The standard InChI is InChI=1S/C15H18F2N4O2S/c1-4-21-10(3)19-20-15(21)24-9(2)13(22)18-11-5-7-12(8-6-11)23-14(16)17/h5-9,14H,4H2,1-3H3,(H,18,22). The number of thioether (sulfide) groups is 1. The highest BCUT2D eigenvalue weighted by Crippen LogP contribution is 2.24. The summed E-state index contributed by atoms with van der Waals surface area (Å²) in [7, 11) is 0. The predicted octanol–water partition coefficient (Wildman–Crippen LogP) is 3.33. The molecular formula is C15H18F2N4O2S. The van der Waals surface area contributed by atoms with Gasteiger partial charge in [-0.1, -0.05) is 11.8 Å². The fourth-order valence-corrected chi connectivity index (χ4v) is 2.95. The average Bonchev–Trinajstić information content (AvgIpc) is 2.88. The van der Waals surface area contributed by atoms with Crippen LogP contribution in [-0.2, 0) is 11.3 Å². The van der Waals surface area contributed by atoms with Crippen LogP contribution in [0.15, 0.2) is 29.4 Å². The molecule has 2 aromatic rings. The van der Waals surface area contributed by atoms with Crippen LogP contribution in [0.5, 0.6) is 5.75 Å². The summed E-state index contributed by atoms with van der Waals surface area (Å²) < 4.78 is 30.4. The van der Waals surface area contributed by atoms with Crippen molar-refractivity contribution in [1.82, 2.24) is 14.8 Å². The van der Waals surface area contributed by atoms with Crippen LogP contribution < -0.4 is 10.1 Å². The minimum Gasteiger partial charge on any atom is -0.435 e. The number of alkyl halides is 2. The van der Waals surface area contributed by atoms with Crippen molar-refractivity contribution in [2.75, 3.05) is 5.32 Å². The van der Waals surface area contributed by atoms with Crippen molar-refractivity contribution in [2.45, 2.75) is 44.3 Å². The predicted molar refractivity (Wildman–Crippen MR) is 87.5 cm³/mol. The van der Waals surface area contributed by atoms with Crippen molar-refractivity contribution in [1.29, 1.82) is 0 Å². The minimum atomic E-state index is -2.87. The lowest BCUT2D eigenvalue weighted by Gasteiger charge is -2.12. The van der Waals surface area contributed by atoms with Crippen LogP contribution in [0.3, 0.4) is 0 Å². The monoisotopic (exact) mass is 356 g/mol. The Hall–Kier alpha value is -2.16. The first-order valence-corrected chi connectivity index (χ1v) is 8.21. The Morgan fingerprint density at radius 3 is 2.58 bits per heavy atom. The molecule has 1 unspecified atom stereocenters. The molecule has 0 fully saturated rings. The second-order valence-electron chi connectivity index (χ2n) is 4.93. The molecule has 0 radical (unpaired) electrons. The van der Waals surface area contributed by atoms with Gasteiger partial charge < -0.3 is 14.6 Å². The SMILES string of the molecule is CCn1c(C)nnc1SC(C)C(=O)Nc1ccc(OC(F)F)cc1. The molecule has 24 heavy (non-hydrogen) atoms. The molecule has 1 atom stereocenters. The van der Waals surface area contributed by atoms with E-state index in [-0.39, 0.29) is 11.7 Å². The van der Waals surface area contributed by atoms with E-state index in [2.05, 4.69) is 20.3 Å². The van der Waals surface area contributed by atoms with Gasteiger partial charge in [-0.25, -0.2) is 0 Å². The molecule has 0 aliphatic heterocycles. The van der Waals surface area contributed by atoms with Crippen molar-refractivity contribution in [3.8, 4) is 5.75 Å². The number of halogens is 2. The summed E-state index contributed by atoms with van der Waals surface area (Å²) in [6.45, 7) is 3.45. The molecule has 0 saturated carbocycles. The largest absolute Gasteiger partial charge is 0.435 e. The Labute approximate surface area is 142 Å². The third-order valence-electron chi connectivity index (χ3n) is 3.22. The second-order valence-corrected chi connectivity index (χ2v) is 6.23. The average molecular weight is 356 g/mol. The van der Waals surface area contributed by atoms with Crippen LogP contribution in [0, 0.1) is 6.92 Å². The molecule has 1 heterocycles. The number of ether oxygens (including phenoxy) is 1. The van der Waals surface area contributed by atoms with Crippen molar-refractivity contribution in [3.63, 3.8) is 0 Å². The molecule has 130 valence electrons. The summed E-state index contributed by atoms with van der Waals surface area (Å²) >= 11 is 1.31. The third-order valence-corrected chi connectivity index (χ3v) is 4.30. The number of aryl methyl sites for hydroxylation is 1. The van der Waals surface area contributed by atoms with Gasteiger partial charge in [0, 0.05) is 12.2 Å². The Bertz CT molecular complexity index is 691. The number of rotatable bonds is 7. The summed E-state index contributed by atoms with van der Waals surface area (Å²) in [4.78, 5) is 12.2. The summed E-state index contributed by atoms with van der Waals surface area (Å²) in [5, 5.41) is 11.1. The first kappa shape index (κ1) is 18.2. The highest BCUT2D eigenvalue weighted by molar-refractivity contribution is 8.00. The normalized spacial score (nSPS) is 12.2. The van der Waals surface area contributed by atoms with E-state index in [1.807, 2.05) is 18.4 Å². The Kier molecular flexibility index (Phi) is 6.13. The highest BCUT2D eigenvalue weighted by Gasteiger charge is 2.19. The van der Waals surface area contributed by atoms with Gasteiger partial charge in [0.2, 0.25) is 5.91 Å². The Morgan fingerprint density at radius 1 is 1.33 bits per heavy atom. The van der Waals surface area contributed by atoms with E-state index in [0.717, 1.165) is 12.4 Å². The zero-order valence-corrected chi connectivity index (χ0v) is 14.3. The number of amides is 1. The fourth-order valence-electron chi connectivity index (χ4n) is 1.99. The van der Waals surface area contributed by atoms with Gasteiger partial charge in [-0.15, -0.1) is 10.2 Å². The van der Waals surface area contributed by atoms with Gasteiger partial charge in [-0.3, -0.25) is 4.79 Å². The molecular weight excluding hydrogens is 338 g/mol. The number of hydrogen-bond donors (Lipinski definition) is 1. The molecule has 1 amide bonds. The van der Waals surface area contributed by atoms with Gasteiger partial charge in [-0.05, 0) is 45.0 Å². The van der Waals surface area contributed by atoms with E-state index in [1.54, 1.807) is 6.92 Å². The zero-order valence-electron chi connectivity index (χ0n) is 13.5. The van der Waals surface area contributed by atoms with Crippen LogP contribution in [0.25, 0.3) is 0 Å². The van der Waals surface area contributed by atoms with Gasteiger partial charge >= 0.3 is 6.61 Å². The lowest BCUT2D eigenvalue weighted by atomic mass is 10.3. The van der Waals surface area contributed by atoms with Gasteiger partial charge in [0.1, 0.15) is 11.6 Å². The first-order chi connectivity index (χ1) is 11.4. The summed E-state index contributed by atoms with van der Waals surface area (Å²) in [6, 6.07) is 5.75. The van der Waals surface area contributed by atoms with Gasteiger partial charge in [-0.2, -0.15) is 8.78 Å². The second kappa shape index (κ2) is 8.09. The van der Waals surface area contributed by atoms with Crippen molar-refractivity contribution >= 4 is 23.4 Å². The molecule has 2 rings (SSSR count). The lowest BCUT2D eigenvalue weighted by molar-refractivity contribution is -0.115. The summed E-state index contributed by atoms with van der Waals surface area (Å²) in [5.41, 5.74) is 0.502. The van der Waals surface area contributed by atoms with Crippen LogP contribution in [-0.4, -0.2) is 32.5 Å². The van der Waals surface area contributed by atoms with Crippen molar-refractivity contribution in [3.05, 3.63) is 30.1 Å². The molecule has 0 saturated heterocycles. The van der Waals surface area contributed by atoms with Gasteiger partial charge in [0.05, 0.1) is 5.25 Å². The fraction of sp³-hybridized carbons (Fsp3) is 0.400. The Balaban J connectivity index is 1.96. The summed E-state index contributed by atoms with van der Waals surface area (Å²) in [5.74, 6) is 0.616. The topological polar surface area (TPSA) is 69.0 Å². The maximum atomic E-state index is 12.2. The van der Waals surface area contributed by atoms with E-state index in [0.29, 0.717) is 10.8 Å². The first-order valence-electron chi connectivity index (χ1n) is 7.33. The van der Waals surface area contributed by atoms with E-state index < -0.39 is 11.9 Å². The molecule has 9 heteroatoms. The highest BCUT2D eigenvalue weighted by atomic mass is 32.2. The quantitative estimate of drug-likeness (QED) is 0.771. The number of benzene rings is 1. The number of hydrogen-bond acceptors (Lipinski definition) is 5. The third kappa shape index (κ3) is 4.67. The zero-order chi connectivity index (χ0) is 17.7. The number of carbonyl (C=O) groups is 1. The molecule has 0 aliphatic carbocycles. The molecule has 1 aromatic heterocycles. The van der Waals surface area contributed by atoms with Crippen molar-refractivity contribution < 1.29 is 18.3 Å². The van der Waals surface area contributed by atoms with E-state index >= 15 is 0 Å². The maximum absolute atomic E-state index is 12.2. The number of aromatic nitrogens is 3. The van der Waals surface area contributed by atoms with Crippen LogP contribution >= 0.6 is 11.8 Å². The Morgan fingerprint density at radius 2 is 2.00 bits per heavy atom. The maximum Gasteiger partial charge on any atom is 0.387 e. The molecule has 1 aromatic carbocycles. The lowest BCUT2D eigenvalue weighted by Crippen LogP contribution is -2.23. The van der Waals surface area contributed by atoms with Gasteiger partial charge in [0.15, 0.2) is 5.16 Å². The molecule has 1 N–H and O–H groups in total. The van der Waals surface area contributed by atoms with E-state index in [4.69, 9.17) is 0 Å². The molecule has 0 bridgehead atoms. The number of nitrogens with one attached hydrogen (secondary N) is 1. The van der Waals surface area contributed by atoms with E-state index in [9.17, 15) is 13.6 Å².